The molecular weight excluding hydrogens is 254 g/mol. The van der Waals surface area contributed by atoms with Gasteiger partial charge in [0.2, 0.25) is 0 Å². The van der Waals surface area contributed by atoms with Crippen LogP contribution in [0.2, 0.25) is 0 Å². The number of nitriles is 1. The zero-order valence-corrected chi connectivity index (χ0v) is 10.0. The molecule has 4 aromatic rings. The molecule has 0 fully saturated rings. The maximum Gasteiger partial charge on any atom is 0.159 e. The van der Waals surface area contributed by atoms with E-state index in [1.807, 2.05) is 6.07 Å². The Morgan fingerprint density at radius 1 is 0.650 bits per heavy atom. The minimum atomic E-state index is 0.229. The molecule has 7 nitrogen and oxygen atoms in total. The van der Waals surface area contributed by atoms with Gasteiger partial charge in [-0.1, -0.05) is 0 Å². The molecule has 20 heavy (non-hydrogen) atoms. The Labute approximate surface area is 112 Å². The Kier molecular flexibility index (Phi) is 2.05. The molecule has 0 aliphatic carbocycles. The molecule has 0 atom stereocenters. The summed E-state index contributed by atoms with van der Waals surface area (Å²) < 4.78 is 0. The van der Waals surface area contributed by atoms with Crippen molar-refractivity contribution < 1.29 is 0 Å². The summed E-state index contributed by atoms with van der Waals surface area (Å²) in [6.45, 7) is 0. The van der Waals surface area contributed by atoms with Crippen molar-refractivity contribution >= 4 is 33.1 Å². The summed E-state index contributed by atoms with van der Waals surface area (Å²) in [7, 11) is 0. The molecule has 0 spiro atoms. The molecule has 1 aromatic carbocycles. The molecule has 0 radical (unpaired) electrons. The van der Waals surface area contributed by atoms with E-state index in [0.29, 0.717) is 33.1 Å². The van der Waals surface area contributed by atoms with E-state index in [1.165, 1.54) is 6.20 Å². The van der Waals surface area contributed by atoms with E-state index in [0.717, 1.165) is 0 Å². The van der Waals surface area contributed by atoms with Crippen LogP contribution in [0.15, 0.2) is 31.0 Å². The van der Waals surface area contributed by atoms with Gasteiger partial charge in [-0.05, 0) is 0 Å². The average Bonchev–Trinajstić information content (AvgIpc) is 2.54. The number of aromatic nitrogens is 6. The molecule has 0 amide bonds. The molecule has 3 heterocycles. The highest BCUT2D eigenvalue weighted by Crippen LogP contribution is 2.27. The molecule has 3 aromatic heterocycles. The Morgan fingerprint density at radius 3 is 1.60 bits per heavy atom. The van der Waals surface area contributed by atoms with Crippen LogP contribution < -0.4 is 0 Å². The van der Waals surface area contributed by atoms with Gasteiger partial charge >= 0.3 is 0 Å². The number of benzene rings is 1. The van der Waals surface area contributed by atoms with Gasteiger partial charge in [-0.2, -0.15) is 5.26 Å². The highest BCUT2D eigenvalue weighted by Gasteiger charge is 2.14. The van der Waals surface area contributed by atoms with Crippen molar-refractivity contribution in [2.75, 3.05) is 0 Å². The maximum atomic E-state index is 8.97. The van der Waals surface area contributed by atoms with Gasteiger partial charge in [-0.15, -0.1) is 0 Å². The predicted molar refractivity (Wildman–Crippen MR) is 70.4 cm³/mol. The van der Waals surface area contributed by atoms with Crippen molar-refractivity contribution in [2.24, 2.45) is 0 Å². The second-order valence-electron chi connectivity index (χ2n) is 4.07. The number of fused-ring (bicyclic) bond motifs is 6. The van der Waals surface area contributed by atoms with Gasteiger partial charge in [-0.25, -0.2) is 9.97 Å². The molecule has 0 aliphatic heterocycles. The number of hydrogen-bond acceptors (Lipinski definition) is 7. The highest BCUT2D eigenvalue weighted by molar-refractivity contribution is 6.17. The van der Waals surface area contributed by atoms with Crippen molar-refractivity contribution in [3.05, 3.63) is 36.7 Å². The first-order valence-electron chi connectivity index (χ1n) is 5.79. The molecule has 0 N–H and O–H groups in total. The van der Waals surface area contributed by atoms with Gasteiger partial charge in [0.25, 0.3) is 0 Å². The number of nitrogens with zero attached hydrogens (tertiary/aromatic N) is 7. The van der Waals surface area contributed by atoms with Crippen LogP contribution in [-0.2, 0) is 0 Å². The standard InChI is InChI=1S/C13H5N7/c14-5-7-6-19-12-10-8(15-1-2-17-10)9-11(13(12)20-7)18-4-3-16-9/h1-4,6H. The summed E-state index contributed by atoms with van der Waals surface area (Å²) in [4.78, 5) is 25.7. The lowest BCUT2D eigenvalue weighted by Gasteiger charge is -2.05. The van der Waals surface area contributed by atoms with Crippen molar-refractivity contribution in [2.45, 2.75) is 0 Å². The van der Waals surface area contributed by atoms with E-state index in [2.05, 4.69) is 29.9 Å². The molecular formula is C13H5N7. The molecule has 0 saturated carbocycles. The minimum Gasteiger partial charge on any atom is -0.251 e. The Balaban J connectivity index is 2.39. The van der Waals surface area contributed by atoms with E-state index in [-0.39, 0.29) is 5.69 Å². The van der Waals surface area contributed by atoms with Crippen molar-refractivity contribution in [1.29, 1.82) is 5.26 Å². The Bertz CT molecular complexity index is 984. The molecule has 7 heteroatoms. The average molecular weight is 259 g/mol. The summed E-state index contributed by atoms with van der Waals surface area (Å²) in [5.41, 5.74) is 3.72. The van der Waals surface area contributed by atoms with E-state index in [4.69, 9.17) is 5.26 Å². The first-order valence-corrected chi connectivity index (χ1v) is 5.79. The van der Waals surface area contributed by atoms with Gasteiger partial charge in [0.05, 0.1) is 6.20 Å². The summed E-state index contributed by atoms with van der Waals surface area (Å²) in [6, 6.07) is 1.97. The summed E-state index contributed by atoms with van der Waals surface area (Å²) in [5, 5.41) is 8.97. The van der Waals surface area contributed by atoms with Crippen LogP contribution in [0.1, 0.15) is 5.69 Å². The Morgan fingerprint density at radius 2 is 1.10 bits per heavy atom. The van der Waals surface area contributed by atoms with Crippen LogP contribution in [0, 0.1) is 11.3 Å². The van der Waals surface area contributed by atoms with Crippen LogP contribution >= 0.6 is 0 Å². The SMILES string of the molecule is N#Cc1cnc2c3nccnc3c3nccnc3c2n1. The number of rotatable bonds is 0. The lowest BCUT2D eigenvalue weighted by Crippen LogP contribution is -1.96. The summed E-state index contributed by atoms with van der Waals surface area (Å²) >= 11 is 0. The second kappa shape index (κ2) is 3.86. The topological polar surface area (TPSA) is 101 Å². The van der Waals surface area contributed by atoms with Crippen molar-refractivity contribution in [3.8, 4) is 6.07 Å². The maximum absolute atomic E-state index is 8.97. The van der Waals surface area contributed by atoms with Crippen LogP contribution in [0.5, 0.6) is 0 Å². The molecule has 0 unspecified atom stereocenters. The molecule has 0 bridgehead atoms. The van der Waals surface area contributed by atoms with Gasteiger partial charge in [0.15, 0.2) is 5.69 Å². The third-order valence-corrected chi connectivity index (χ3v) is 2.96. The van der Waals surface area contributed by atoms with E-state index < -0.39 is 0 Å². The third-order valence-electron chi connectivity index (χ3n) is 2.96. The van der Waals surface area contributed by atoms with E-state index in [1.54, 1.807) is 24.8 Å². The lowest BCUT2D eigenvalue weighted by atomic mass is 10.2. The predicted octanol–water partition coefficient (Wildman–Crippen LogP) is 1.39. The van der Waals surface area contributed by atoms with Gasteiger partial charge < -0.3 is 0 Å². The lowest BCUT2D eigenvalue weighted by molar-refractivity contribution is 1.22. The normalized spacial score (nSPS) is 10.9. The molecule has 0 saturated heterocycles. The zero-order chi connectivity index (χ0) is 13.5. The van der Waals surface area contributed by atoms with Gasteiger partial charge in [0.1, 0.15) is 39.2 Å². The third kappa shape index (κ3) is 1.33. The van der Waals surface area contributed by atoms with Crippen LogP contribution in [0.4, 0.5) is 0 Å². The van der Waals surface area contributed by atoms with Crippen molar-refractivity contribution in [1.82, 2.24) is 29.9 Å². The fourth-order valence-corrected chi connectivity index (χ4v) is 2.15. The monoisotopic (exact) mass is 259 g/mol. The fraction of sp³-hybridized carbons (Fsp3) is 0. The molecule has 92 valence electrons. The quantitative estimate of drug-likeness (QED) is 0.439. The highest BCUT2D eigenvalue weighted by atomic mass is 14.9. The van der Waals surface area contributed by atoms with E-state index >= 15 is 0 Å². The second-order valence-corrected chi connectivity index (χ2v) is 4.07. The van der Waals surface area contributed by atoms with Crippen LogP contribution in [0.25, 0.3) is 33.1 Å². The van der Waals surface area contributed by atoms with Crippen LogP contribution in [-0.4, -0.2) is 29.9 Å². The number of hydrogen-bond donors (Lipinski definition) is 0. The summed E-state index contributed by atoms with van der Waals surface area (Å²) in [5.74, 6) is 0. The molecule has 0 aliphatic rings. The molecule has 4 rings (SSSR count). The van der Waals surface area contributed by atoms with E-state index in [9.17, 15) is 0 Å². The minimum absolute atomic E-state index is 0.229. The first-order chi connectivity index (χ1) is 9.88. The fourth-order valence-electron chi connectivity index (χ4n) is 2.15. The van der Waals surface area contributed by atoms with Gasteiger partial charge in [-0.3, -0.25) is 19.9 Å². The Hall–Kier alpha value is -3.27. The smallest absolute Gasteiger partial charge is 0.159 e. The van der Waals surface area contributed by atoms with Crippen molar-refractivity contribution in [3.63, 3.8) is 0 Å². The summed E-state index contributed by atoms with van der Waals surface area (Å²) in [6.07, 6.45) is 7.76. The first kappa shape index (κ1) is 10.6. The van der Waals surface area contributed by atoms with Crippen LogP contribution in [0.3, 0.4) is 0 Å². The zero-order valence-electron chi connectivity index (χ0n) is 10.0. The van der Waals surface area contributed by atoms with Gasteiger partial charge in [0, 0.05) is 24.8 Å². The largest absolute Gasteiger partial charge is 0.251 e.